The van der Waals surface area contributed by atoms with Gasteiger partial charge in [0.2, 0.25) is 0 Å². The van der Waals surface area contributed by atoms with E-state index in [1.807, 2.05) is 84.9 Å². The minimum atomic E-state index is -0.0893. The van der Waals surface area contributed by atoms with Crippen molar-refractivity contribution in [2.45, 2.75) is 13.1 Å². The molecule has 4 rings (SSSR count). The summed E-state index contributed by atoms with van der Waals surface area (Å²) in [6, 6.07) is 35.3. The lowest BCUT2D eigenvalue weighted by molar-refractivity contribution is 0.0948. The van der Waals surface area contributed by atoms with E-state index in [0.717, 1.165) is 34.0 Å². The normalized spacial score (nSPS) is 10.5. The third-order valence-electron chi connectivity index (χ3n) is 6.02. The molecule has 8 heteroatoms. The standard InChI is InChI=1S/C32H34N4O2S2/c37-31(27-15-7-9-17-29(27)35-23-25-11-3-1-4-12-25)33-19-21-39-40-22-20-34-32(38)28-16-8-10-18-30(28)36-24-26-13-5-2-6-14-26/h1-18,35-36H,19-24H2,(H,33,37)(H,34,38). The van der Waals surface area contributed by atoms with Gasteiger partial charge in [-0.2, -0.15) is 0 Å². The minimum absolute atomic E-state index is 0.0893. The Morgan fingerprint density at radius 2 is 0.875 bits per heavy atom. The fourth-order valence-electron chi connectivity index (χ4n) is 3.98. The highest BCUT2D eigenvalue weighted by molar-refractivity contribution is 8.76. The van der Waals surface area contributed by atoms with Crippen molar-refractivity contribution in [1.29, 1.82) is 0 Å². The number of carbonyl (C=O) groups is 2. The van der Waals surface area contributed by atoms with Crippen molar-refractivity contribution >= 4 is 44.8 Å². The van der Waals surface area contributed by atoms with Crippen molar-refractivity contribution in [1.82, 2.24) is 10.6 Å². The smallest absolute Gasteiger partial charge is 0.253 e. The van der Waals surface area contributed by atoms with Gasteiger partial charge >= 0.3 is 0 Å². The maximum absolute atomic E-state index is 12.8. The minimum Gasteiger partial charge on any atom is -0.380 e. The second-order valence-corrected chi connectivity index (χ2v) is 11.6. The predicted octanol–water partition coefficient (Wildman–Crippen LogP) is 6.45. The van der Waals surface area contributed by atoms with Crippen molar-refractivity contribution in [3.63, 3.8) is 0 Å². The third-order valence-corrected chi connectivity index (χ3v) is 8.43. The number of nitrogens with one attached hydrogen (secondary N) is 4. The molecule has 4 aromatic rings. The summed E-state index contributed by atoms with van der Waals surface area (Å²) in [6.07, 6.45) is 0. The van der Waals surface area contributed by atoms with Crippen LogP contribution in [-0.4, -0.2) is 36.4 Å². The summed E-state index contributed by atoms with van der Waals surface area (Å²) in [6.45, 7) is 2.45. The molecule has 40 heavy (non-hydrogen) atoms. The van der Waals surface area contributed by atoms with Gasteiger partial charge in [0, 0.05) is 49.1 Å². The van der Waals surface area contributed by atoms with Crippen LogP contribution in [0.3, 0.4) is 0 Å². The van der Waals surface area contributed by atoms with E-state index in [0.29, 0.717) is 37.3 Å². The maximum atomic E-state index is 12.8. The third kappa shape index (κ3) is 9.39. The molecule has 4 N–H and O–H groups in total. The molecule has 0 spiro atoms. The number of rotatable bonds is 15. The lowest BCUT2D eigenvalue weighted by atomic mass is 10.1. The molecular formula is C32H34N4O2S2. The Labute approximate surface area is 244 Å². The van der Waals surface area contributed by atoms with Gasteiger partial charge in [0.15, 0.2) is 0 Å². The SMILES string of the molecule is O=C(NCCSSCCNC(=O)c1ccccc1NCc1ccccc1)c1ccccc1NCc1ccccc1. The van der Waals surface area contributed by atoms with E-state index in [9.17, 15) is 9.59 Å². The van der Waals surface area contributed by atoms with Gasteiger partial charge in [0.1, 0.15) is 0 Å². The molecule has 0 heterocycles. The zero-order chi connectivity index (χ0) is 27.8. The highest BCUT2D eigenvalue weighted by Gasteiger charge is 2.11. The average molecular weight is 571 g/mol. The summed E-state index contributed by atoms with van der Waals surface area (Å²) in [5.41, 5.74) is 5.23. The molecule has 0 aromatic heterocycles. The van der Waals surface area contributed by atoms with E-state index in [1.165, 1.54) is 0 Å². The van der Waals surface area contributed by atoms with Crippen molar-refractivity contribution < 1.29 is 9.59 Å². The summed E-state index contributed by atoms with van der Waals surface area (Å²) < 4.78 is 0. The lowest BCUT2D eigenvalue weighted by Gasteiger charge is -2.13. The van der Waals surface area contributed by atoms with Crippen LogP contribution in [0.15, 0.2) is 109 Å². The van der Waals surface area contributed by atoms with Crippen LogP contribution in [0.25, 0.3) is 0 Å². The Kier molecular flexibility index (Phi) is 11.8. The summed E-state index contributed by atoms with van der Waals surface area (Å²) >= 11 is 0. The Hall–Kier alpha value is -3.88. The molecule has 4 aromatic carbocycles. The first-order valence-corrected chi connectivity index (χ1v) is 15.7. The fourth-order valence-corrected chi connectivity index (χ4v) is 5.79. The average Bonchev–Trinajstić information content (AvgIpc) is 3.01. The van der Waals surface area contributed by atoms with Crippen LogP contribution < -0.4 is 21.3 Å². The first-order chi connectivity index (χ1) is 19.7. The summed E-state index contributed by atoms with van der Waals surface area (Å²) in [7, 11) is 3.36. The summed E-state index contributed by atoms with van der Waals surface area (Å²) in [5, 5.41) is 12.7. The zero-order valence-corrected chi connectivity index (χ0v) is 23.9. The van der Waals surface area contributed by atoms with Crippen LogP contribution in [-0.2, 0) is 13.1 Å². The molecule has 0 saturated carbocycles. The maximum Gasteiger partial charge on any atom is 0.253 e. The van der Waals surface area contributed by atoms with Crippen molar-refractivity contribution in [3.05, 3.63) is 131 Å². The van der Waals surface area contributed by atoms with Gasteiger partial charge in [-0.1, -0.05) is 107 Å². The predicted molar refractivity (Wildman–Crippen MR) is 170 cm³/mol. The lowest BCUT2D eigenvalue weighted by Crippen LogP contribution is -2.27. The first-order valence-electron chi connectivity index (χ1n) is 13.2. The zero-order valence-electron chi connectivity index (χ0n) is 22.3. The van der Waals surface area contributed by atoms with Crippen LogP contribution in [0.2, 0.25) is 0 Å². The van der Waals surface area contributed by atoms with Crippen molar-refractivity contribution in [3.8, 4) is 0 Å². The van der Waals surface area contributed by atoms with Crippen molar-refractivity contribution in [2.24, 2.45) is 0 Å². The molecule has 2 amide bonds. The first kappa shape index (κ1) is 29.1. The van der Waals surface area contributed by atoms with Gasteiger partial charge in [-0.15, -0.1) is 0 Å². The van der Waals surface area contributed by atoms with E-state index in [2.05, 4.69) is 45.5 Å². The molecule has 0 aliphatic carbocycles. The molecule has 0 aliphatic heterocycles. The van der Waals surface area contributed by atoms with Gasteiger partial charge in [0.05, 0.1) is 11.1 Å². The molecule has 0 fully saturated rings. The number of para-hydroxylation sites is 2. The Morgan fingerprint density at radius 3 is 1.30 bits per heavy atom. The Bertz CT molecular complexity index is 1250. The second kappa shape index (κ2) is 16.3. The molecule has 206 valence electrons. The molecule has 0 bridgehead atoms. The van der Waals surface area contributed by atoms with Crippen LogP contribution >= 0.6 is 21.6 Å². The summed E-state index contributed by atoms with van der Waals surface area (Å²) in [4.78, 5) is 25.5. The number of hydrogen-bond donors (Lipinski definition) is 4. The number of hydrogen-bond acceptors (Lipinski definition) is 6. The van der Waals surface area contributed by atoms with E-state index in [4.69, 9.17) is 0 Å². The highest BCUT2D eigenvalue weighted by atomic mass is 33.1. The van der Waals surface area contributed by atoms with Crippen LogP contribution in [0.4, 0.5) is 11.4 Å². The largest absolute Gasteiger partial charge is 0.380 e. The molecular weight excluding hydrogens is 537 g/mol. The van der Waals surface area contributed by atoms with E-state index in [1.54, 1.807) is 21.6 Å². The summed E-state index contributed by atoms with van der Waals surface area (Å²) in [5.74, 6) is 1.37. The quantitative estimate of drug-likeness (QED) is 0.0971. The molecule has 0 aliphatic rings. The Morgan fingerprint density at radius 1 is 0.500 bits per heavy atom. The van der Waals surface area contributed by atoms with Gasteiger partial charge in [0.25, 0.3) is 11.8 Å². The number of carbonyl (C=O) groups excluding carboxylic acids is 2. The van der Waals surface area contributed by atoms with Gasteiger partial charge < -0.3 is 21.3 Å². The van der Waals surface area contributed by atoms with E-state index in [-0.39, 0.29) is 11.8 Å². The van der Waals surface area contributed by atoms with Gasteiger partial charge in [-0.25, -0.2) is 0 Å². The van der Waals surface area contributed by atoms with Crippen molar-refractivity contribution in [2.75, 3.05) is 35.2 Å². The number of amides is 2. The number of anilines is 2. The second-order valence-electron chi connectivity index (χ2n) is 8.93. The number of benzene rings is 4. The molecule has 6 nitrogen and oxygen atoms in total. The molecule has 0 atom stereocenters. The van der Waals surface area contributed by atoms with Crippen LogP contribution in [0.5, 0.6) is 0 Å². The fraction of sp³-hybridized carbons (Fsp3) is 0.188. The van der Waals surface area contributed by atoms with Gasteiger partial charge in [-0.3, -0.25) is 9.59 Å². The highest BCUT2D eigenvalue weighted by Crippen LogP contribution is 2.21. The van der Waals surface area contributed by atoms with Gasteiger partial charge in [-0.05, 0) is 35.4 Å². The van der Waals surface area contributed by atoms with E-state index >= 15 is 0 Å². The Balaban J connectivity index is 1.11. The van der Waals surface area contributed by atoms with E-state index < -0.39 is 0 Å². The van der Waals surface area contributed by atoms with Crippen LogP contribution in [0.1, 0.15) is 31.8 Å². The molecule has 0 unspecified atom stereocenters. The monoisotopic (exact) mass is 570 g/mol. The molecule has 0 radical (unpaired) electrons. The molecule has 0 saturated heterocycles. The van der Waals surface area contributed by atoms with Crippen LogP contribution in [0, 0.1) is 0 Å². The topological polar surface area (TPSA) is 82.3 Å².